The van der Waals surface area contributed by atoms with Gasteiger partial charge in [-0.25, -0.2) is 4.68 Å². The minimum Gasteiger partial charge on any atom is -0.336 e. The van der Waals surface area contributed by atoms with E-state index in [1.807, 2.05) is 26.0 Å². The van der Waals surface area contributed by atoms with Gasteiger partial charge in [-0.1, -0.05) is 61.6 Å². The molecule has 1 amide bonds. The summed E-state index contributed by atoms with van der Waals surface area (Å²) in [4.78, 5) is 12.2. The quantitative estimate of drug-likeness (QED) is 0.557. The Morgan fingerprint density at radius 1 is 1.26 bits per heavy atom. The Labute approximate surface area is 165 Å². The molecular weight excluding hydrogens is 358 g/mol. The number of anilines is 1. The third-order valence-corrected chi connectivity index (χ3v) is 6.17. The second kappa shape index (κ2) is 9.26. The van der Waals surface area contributed by atoms with Gasteiger partial charge in [0.2, 0.25) is 11.1 Å². The van der Waals surface area contributed by atoms with E-state index < -0.39 is 0 Å². The molecular formula is C20H29N5OS. The Morgan fingerprint density at radius 2 is 2.04 bits per heavy atom. The fraction of sp³-hybridized carbons (Fsp3) is 0.550. The van der Waals surface area contributed by atoms with Crippen molar-refractivity contribution < 1.29 is 4.79 Å². The molecule has 0 aliphatic heterocycles. The number of hydrogen-bond donors (Lipinski definition) is 2. The summed E-state index contributed by atoms with van der Waals surface area (Å²) in [5.74, 6) is 7.91. The van der Waals surface area contributed by atoms with Crippen LogP contribution in [0.1, 0.15) is 55.5 Å². The number of nitrogens with one attached hydrogen (secondary N) is 1. The molecule has 0 bridgehead atoms. The van der Waals surface area contributed by atoms with Gasteiger partial charge in [-0.3, -0.25) is 4.79 Å². The van der Waals surface area contributed by atoms with Crippen LogP contribution in [0.2, 0.25) is 0 Å². The minimum absolute atomic E-state index is 0.0706. The predicted octanol–water partition coefficient (Wildman–Crippen LogP) is 3.85. The summed E-state index contributed by atoms with van der Waals surface area (Å²) in [5, 5.41) is 11.9. The maximum Gasteiger partial charge on any atom is 0.234 e. The zero-order valence-electron chi connectivity index (χ0n) is 16.2. The highest BCUT2D eigenvalue weighted by molar-refractivity contribution is 7.99. The van der Waals surface area contributed by atoms with E-state index in [9.17, 15) is 4.79 Å². The van der Waals surface area contributed by atoms with Gasteiger partial charge >= 0.3 is 0 Å². The van der Waals surface area contributed by atoms with Gasteiger partial charge in [0.05, 0.1) is 5.75 Å². The molecule has 0 atom stereocenters. The first-order chi connectivity index (χ1) is 13.0. The molecule has 2 aromatic rings. The van der Waals surface area contributed by atoms with Crippen LogP contribution in [0.15, 0.2) is 23.4 Å². The Hall–Kier alpha value is -2.02. The number of nitrogens with two attached hydrogens (primary N) is 1. The number of nitrogens with zero attached hydrogens (tertiary/aromatic N) is 3. The largest absolute Gasteiger partial charge is 0.336 e. The normalized spacial score (nSPS) is 15.0. The lowest BCUT2D eigenvalue weighted by molar-refractivity contribution is -0.113. The third-order valence-electron chi connectivity index (χ3n) is 5.22. The molecule has 0 radical (unpaired) electrons. The van der Waals surface area contributed by atoms with Crippen molar-refractivity contribution in [3.8, 4) is 0 Å². The predicted molar refractivity (Wildman–Crippen MR) is 110 cm³/mol. The number of aryl methyl sites for hydroxylation is 3. The van der Waals surface area contributed by atoms with Crippen molar-refractivity contribution in [1.82, 2.24) is 14.9 Å². The van der Waals surface area contributed by atoms with Gasteiger partial charge in [0, 0.05) is 12.1 Å². The second-order valence-corrected chi connectivity index (χ2v) is 8.41. The monoisotopic (exact) mass is 387 g/mol. The van der Waals surface area contributed by atoms with E-state index in [0.717, 1.165) is 35.8 Å². The molecule has 6 nitrogen and oxygen atoms in total. The van der Waals surface area contributed by atoms with Crippen molar-refractivity contribution in [2.45, 2.75) is 63.9 Å². The fourth-order valence-electron chi connectivity index (χ4n) is 3.66. The first kappa shape index (κ1) is 19.7. The van der Waals surface area contributed by atoms with E-state index in [-0.39, 0.29) is 11.7 Å². The molecule has 3 N–H and O–H groups in total. The highest BCUT2D eigenvalue weighted by Crippen LogP contribution is 2.27. The molecule has 0 saturated heterocycles. The summed E-state index contributed by atoms with van der Waals surface area (Å²) in [6.45, 7) is 4.03. The van der Waals surface area contributed by atoms with Gasteiger partial charge in [0.25, 0.3) is 0 Å². The van der Waals surface area contributed by atoms with Crippen molar-refractivity contribution in [2.75, 3.05) is 16.9 Å². The Balaban J connectivity index is 1.49. The lowest BCUT2D eigenvalue weighted by Crippen LogP contribution is -2.18. The highest BCUT2D eigenvalue weighted by Gasteiger charge is 2.17. The number of amides is 1. The first-order valence-electron chi connectivity index (χ1n) is 9.72. The minimum atomic E-state index is -0.0706. The van der Waals surface area contributed by atoms with Crippen molar-refractivity contribution in [2.24, 2.45) is 5.92 Å². The zero-order chi connectivity index (χ0) is 19.2. The average molecular weight is 388 g/mol. The summed E-state index contributed by atoms with van der Waals surface area (Å²) >= 11 is 1.32. The standard InChI is InChI=1S/C20H29N5OS/c1-14-8-10-17(15(2)12-14)22-19(26)13-27-20-24-23-18(25(20)21)11-9-16-6-4-3-5-7-16/h8,10,12,16H,3-7,9,11,13,21H2,1-2H3,(H,22,26). The Bertz CT molecular complexity index is 783. The van der Waals surface area contributed by atoms with Gasteiger partial charge in [0.1, 0.15) is 0 Å². The van der Waals surface area contributed by atoms with E-state index in [1.54, 1.807) is 0 Å². The molecule has 1 heterocycles. The Morgan fingerprint density at radius 3 is 2.78 bits per heavy atom. The fourth-order valence-corrected chi connectivity index (χ4v) is 4.33. The number of nitrogen functional groups attached to an aromatic ring is 1. The molecule has 1 aromatic carbocycles. The summed E-state index contributed by atoms with van der Waals surface area (Å²) in [6, 6.07) is 5.98. The second-order valence-electron chi connectivity index (χ2n) is 7.47. The topological polar surface area (TPSA) is 85.8 Å². The number of benzene rings is 1. The lowest BCUT2D eigenvalue weighted by atomic mass is 9.86. The highest BCUT2D eigenvalue weighted by atomic mass is 32.2. The van der Waals surface area contributed by atoms with E-state index in [0.29, 0.717) is 5.16 Å². The molecule has 146 valence electrons. The maximum absolute atomic E-state index is 12.2. The summed E-state index contributed by atoms with van der Waals surface area (Å²) in [5.41, 5.74) is 3.07. The number of thioether (sulfide) groups is 1. The van der Waals surface area contributed by atoms with Crippen LogP contribution >= 0.6 is 11.8 Å². The third kappa shape index (κ3) is 5.48. The number of rotatable bonds is 7. The van der Waals surface area contributed by atoms with E-state index >= 15 is 0 Å². The molecule has 27 heavy (non-hydrogen) atoms. The molecule has 7 heteroatoms. The van der Waals surface area contributed by atoms with Gasteiger partial charge < -0.3 is 11.2 Å². The summed E-state index contributed by atoms with van der Waals surface area (Å²) in [7, 11) is 0. The van der Waals surface area contributed by atoms with Crippen molar-refractivity contribution >= 4 is 23.4 Å². The molecule has 0 spiro atoms. The first-order valence-corrected chi connectivity index (χ1v) is 10.7. The van der Waals surface area contributed by atoms with E-state index in [1.165, 1.54) is 54.1 Å². The summed E-state index contributed by atoms with van der Waals surface area (Å²) in [6.07, 6.45) is 8.66. The van der Waals surface area contributed by atoms with E-state index in [4.69, 9.17) is 5.84 Å². The number of aromatic nitrogens is 3. The SMILES string of the molecule is Cc1ccc(NC(=O)CSc2nnc(CCC3CCCCC3)n2N)c(C)c1. The van der Waals surface area contributed by atoms with Crippen molar-refractivity contribution in [1.29, 1.82) is 0 Å². The molecule has 1 saturated carbocycles. The van der Waals surface area contributed by atoms with E-state index in [2.05, 4.69) is 21.6 Å². The molecule has 0 unspecified atom stereocenters. The van der Waals surface area contributed by atoms with Gasteiger partial charge in [-0.15, -0.1) is 10.2 Å². The average Bonchev–Trinajstić information content (AvgIpc) is 3.01. The van der Waals surface area contributed by atoms with Gasteiger partial charge in [-0.05, 0) is 37.8 Å². The van der Waals surface area contributed by atoms with Crippen molar-refractivity contribution in [3.63, 3.8) is 0 Å². The molecule has 1 aromatic heterocycles. The van der Waals surface area contributed by atoms with Crippen LogP contribution in [0.25, 0.3) is 0 Å². The Kier molecular flexibility index (Phi) is 6.77. The number of carbonyl (C=O) groups excluding carboxylic acids is 1. The van der Waals surface area contributed by atoms with Crippen molar-refractivity contribution in [3.05, 3.63) is 35.2 Å². The zero-order valence-corrected chi connectivity index (χ0v) is 17.0. The molecule has 1 aliphatic carbocycles. The van der Waals surface area contributed by atoms with Crippen LogP contribution in [-0.4, -0.2) is 26.5 Å². The summed E-state index contributed by atoms with van der Waals surface area (Å²) < 4.78 is 1.54. The van der Waals surface area contributed by atoms with Crippen LogP contribution in [0, 0.1) is 19.8 Å². The molecule has 1 aliphatic rings. The maximum atomic E-state index is 12.2. The van der Waals surface area contributed by atoms with Crippen LogP contribution in [0.4, 0.5) is 5.69 Å². The molecule has 1 fully saturated rings. The van der Waals surface area contributed by atoms with Gasteiger partial charge in [-0.2, -0.15) is 0 Å². The number of carbonyl (C=O) groups is 1. The number of hydrogen-bond acceptors (Lipinski definition) is 5. The lowest BCUT2D eigenvalue weighted by Gasteiger charge is -2.20. The smallest absolute Gasteiger partial charge is 0.234 e. The van der Waals surface area contributed by atoms with Crippen LogP contribution in [0.5, 0.6) is 0 Å². The van der Waals surface area contributed by atoms with Crippen LogP contribution in [0.3, 0.4) is 0 Å². The van der Waals surface area contributed by atoms with Crippen LogP contribution in [-0.2, 0) is 11.2 Å². The molecule has 3 rings (SSSR count). The van der Waals surface area contributed by atoms with Crippen LogP contribution < -0.4 is 11.2 Å². The van der Waals surface area contributed by atoms with Gasteiger partial charge in [0.15, 0.2) is 5.82 Å².